The van der Waals surface area contributed by atoms with E-state index in [2.05, 4.69) is 27.2 Å². The van der Waals surface area contributed by atoms with Crippen molar-refractivity contribution < 1.29 is 4.79 Å². The Morgan fingerprint density at radius 1 is 1.37 bits per heavy atom. The molecular formula is C13H21N5O. The van der Waals surface area contributed by atoms with Crippen LogP contribution in [0.3, 0.4) is 0 Å². The molecule has 0 bridgehead atoms. The van der Waals surface area contributed by atoms with Crippen LogP contribution in [0.25, 0.3) is 0 Å². The van der Waals surface area contributed by atoms with Crippen LogP contribution in [0, 0.1) is 0 Å². The van der Waals surface area contributed by atoms with E-state index in [9.17, 15) is 4.79 Å². The van der Waals surface area contributed by atoms with Crippen LogP contribution in [0.1, 0.15) is 17.8 Å². The molecular weight excluding hydrogens is 242 g/mol. The molecule has 2 N–H and O–H groups in total. The molecule has 0 aromatic carbocycles. The zero-order valence-corrected chi connectivity index (χ0v) is 11.4. The summed E-state index contributed by atoms with van der Waals surface area (Å²) in [6.45, 7) is 4.45. The average Bonchev–Trinajstić information content (AvgIpc) is 2.78. The summed E-state index contributed by atoms with van der Waals surface area (Å²) < 4.78 is 0. The summed E-state index contributed by atoms with van der Waals surface area (Å²) in [5, 5.41) is 3.31. The lowest BCUT2D eigenvalue weighted by atomic mass is 10.0. The first kappa shape index (κ1) is 12.6. The zero-order valence-electron chi connectivity index (χ0n) is 11.4. The van der Waals surface area contributed by atoms with Gasteiger partial charge in [-0.05, 0) is 20.0 Å². The second-order valence-electron chi connectivity index (χ2n) is 5.45. The van der Waals surface area contributed by atoms with Gasteiger partial charge in [-0.3, -0.25) is 10.1 Å². The third-order valence-electron chi connectivity index (χ3n) is 4.06. The molecule has 1 amide bonds. The second kappa shape index (κ2) is 5.30. The molecule has 1 fully saturated rings. The summed E-state index contributed by atoms with van der Waals surface area (Å²) in [6.07, 6.45) is 3.46. The Morgan fingerprint density at radius 2 is 2.26 bits per heavy atom. The molecule has 19 heavy (non-hydrogen) atoms. The highest BCUT2D eigenvalue weighted by molar-refractivity contribution is 5.82. The van der Waals surface area contributed by atoms with Gasteiger partial charge in [-0.15, -0.1) is 0 Å². The number of aromatic amines is 1. The molecule has 0 radical (unpaired) electrons. The maximum atomic E-state index is 12.6. The Labute approximate surface area is 113 Å². The van der Waals surface area contributed by atoms with Crippen molar-refractivity contribution in [1.82, 2.24) is 25.1 Å². The number of imidazole rings is 1. The first-order chi connectivity index (χ1) is 9.24. The second-order valence-corrected chi connectivity index (χ2v) is 5.45. The van der Waals surface area contributed by atoms with E-state index in [-0.39, 0.29) is 11.9 Å². The van der Waals surface area contributed by atoms with Crippen molar-refractivity contribution in [2.45, 2.75) is 25.4 Å². The Bertz CT molecular complexity index is 458. The fraction of sp³-hybridized carbons (Fsp3) is 0.692. The van der Waals surface area contributed by atoms with Gasteiger partial charge in [0.25, 0.3) is 0 Å². The number of fused-ring (bicyclic) bond motifs is 1. The van der Waals surface area contributed by atoms with Crippen molar-refractivity contribution in [2.24, 2.45) is 0 Å². The molecule has 6 heteroatoms. The van der Waals surface area contributed by atoms with Crippen LogP contribution in [-0.2, 0) is 17.8 Å². The van der Waals surface area contributed by atoms with Crippen molar-refractivity contribution >= 4 is 5.91 Å². The number of nitrogens with one attached hydrogen (secondary N) is 2. The number of nitrogens with zero attached hydrogens (tertiary/aromatic N) is 3. The topological polar surface area (TPSA) is 64.3 Å². The van der Waals surface area contributed by atoms with E-state index in [0.717, 1.165) is 44.0 Å². The lowest BCUT2D eigenvalue weighted by Gasteiger charge is -2.28. The normalized spacial score (nSPS) is 24.9. The molecule has 1 atom stereocenters. The molecule has 0 spiro atoms. The molecule has 6 nitrogen and oxygen atoms in total. The summed E-state index contributed by atoms with van der Waals surface area (Å²) >= 11 is 0. The van der Waals surface area contributed by atoms with Gasteiger partial charge < -0.3 is 14.8 Å². The Hall–Kier alpha value is -1.40. The summed E-state index contributed by atoms with van der Waals surface area (Å²) in [4.78, 5) is 24.2. The van der Waals surface area contributed by atoms with E-state index in [0.29, 0.717) is 13.0 Å². The predicted molar refractivity (Wildman–Crippen MR) is 71.6 cm³/mol. The van der Waals surface area contributed by atoms with E-state index in [1.54, 1.807) is 6.33 Å². The van der Waals surface area contributed by atoms with Gasteiger partial charge in [-0.2, -0.15) is 0 Å². The predicted octanol–water partition coefficient (Wildman–Crippen LogP) is -0.412. The molecule has 1 aromatic rings. The van der Waals surface area contributed by atoms with Gasteiger partial charge in [-0.25, -0.2) is 4.98 Å². The maximum Gasteiger partial charge on any atom is 0.240 e. The van der Waals surface area contributed by atoms with Crippen molar-refractivity contribution in [3.63, 3.8) is 0 Å². The van der Waals surface area contributed by atoms with Gasteiger partial charge in [0.1, 0.15) is 0 Å². The highest BCUT2D eigenvalue weighted by Crippen LogP contribution is 2.14. The lowest BCUT2D eigenvalue weighted by molar-refractivity contribution is -0.133. The largest absolute Gasteiger partial charge is 0.347 e. The summed E-state index contributed by atoms with van der Waals surface area (Å²) in [5.41, 5.74) is 2.14. The molecule has 104 valence electrons. The highest BCUT2D eigenvalue weighted by Gasteiger charge is 2.29. The Kier molecular flexibility index (Phi) is 3.52. The quantitative estimate of drug-likeness (QED) is 0.723. The molecule has 3 rings (SSSR count). The molecule has 0 saturated carbocycles. The Balaban J connectivity index is 1.64. The molecule has 2 aliphatic rings. The fourth-order valence-electron chi connectivity index (χ4n) is 2.83. The number of aromatic nitrogens is 2. The van der Waals surface area contributed by atoms with Crippen molar-refractivity contribution in [3.8, 4) is 0 Å². The first-order valence-electron chi connectivity index (χ1n) is 6.96. The fourth-order valence-corrected chi connectivity index (χ4v) is 2.83. The zero-order chi connectivity index (χ0) is 13.2. The van der Waals surface area contributed by atoms with Crippen molar-refractivity contribution in [2.75, 3.05) is 33.2 Å². The van der Waals surface area contributed by atoms with Crippen LogP contribution in [0.2, 0.25) is 0 Å². The maximum absolute atomic E-state index is 12.6. The van der Waals surface area contributed by atoms with Gasteiger partial charge in [0.05, 0.1) is 23.8 Å². The molecule has 2 aliphatic heterocycles. The van der Waals surface area contributed by atoms with Gasteiger partial charge in [-0.1, -0.05) is 0 Å². The van der Waals surface area contributed by atoms with Gasteiger partial charge in [0, 0.05) is 32.6 Å². The van der Waals surface area contributed by atoms with E-state index < -0.39 is 0 Å². The molecule has 1 saturated heterocycles. The number of likely N-dealkylation sites (N-methyl/N-ethyl adjacent to an activating group) is 1. The van der Waals surface area contributed by atoms with Gasteiger partial charge in [0.15, 0.2) is 0 Å². The number of carbonyl (C=O) groups is 1. The monoisotopic (exact) mass is 263 g/mol. The number of amides is 1. The SMILES string of the molecule is CN1CCCN(C(=O)C2Cc3nc[nH]c3CN2)CC1. The average molecular weight is 263 g/mol. The standard InChI is InChI=1S/C13H21N5O/c1-17-3-2-4-18(6-5-17)13(19)11-7-10-12(8-14-11)16-9-15-10/h9,11,14H,2-8H2,1H3,(H,15,16). The minimum Gasteiger partial charge on any atom is -0.347 e. The van der Waals surface area contributed by atoms with E-state index in [1.807, 2.05) is 4.90 Å². The van der Waals surface area contributed by atoms with Gasteiger partial charge in [0.2, 0.25) is 5.91 Å². The van der Waals surface area contributed by atoms with E-state index >= 15 is 0 Å². The summed E-state index contributed by atoms with van der Waals surface area (Å²) in [5.74, 6) is 0.226. The van der Waals surface area contributed by atoms with Gasteiger partial charge >= 0.3 is 0 Å². The number of carbonyl (C=O) groups excluding carboxylic acids is 1. The molecule has 1 unspecified atom stereocenters. The van der Waals surface area contributed by atoms with Crippen molar-refractivity contribution in [1.29, 1.82) is 0 Å². The lowest BCUT2D eigenvalue weighted by Crippen LogP contribution is -2.50. The van der Waals surface area contributed by atoms with Crippen LogP contribution in [0.15, 0.2) is 6.33 Å². The number of H-pyrrole nitrogens is 1. The van der Waals surface area contributed by atoms with E-state index in [4.69, 9.17) is 0 Å². The molecule has 3 heterocycles. The van der Waals surface area contributed by atoms with Crippen LogP contribution in [-0.4, -0.2) is 64.9 Å². The number of hydrogen-bond acceptors (Lipinski definition) is 4. The number of hydrogen-bond donors (Lipinski definition) is 2. The molecule has 0 aliphatic carbocycles. The van der Waals surface area contributed by atoms with Crippen LogP contribution >= 0.6 is 0 Å². The Morgan fingerprint density at radius 3 is 3.16 bits per heavy atom. The van der Waals surface area contributed by atoms with Crippen molar-refractivity contribution in [3.05, 3.63) is 17.7 Å². The summed E-state index contributed by atoms with van der Waals surface area (Å²) in [7, 11) is 2.11. The van der Waals surface area contributed by atoms with Crippen LogP contribution < -0.4 is 5.32 Å². The van der Waals surface area contributed by atoms with Crippen LogP contribution in [0.5, 0.6) is 0 Å². The molecule has 1 aromatic heterocycles. The van der Waals surface area contributed by atoms with Crippen LogP contribution in [0.4, 0.5) is 0 Å². The third kappa shape index (κ3) is 2.64. The highest BCUT2D eigenvalue weighted by atomic mass is 16.2. The number of rotatable bonds is 1. The minimum absolute atomic E-state index is 0.112. The minimum atomic E-state index is -0.112. The smallest absolute Gasteiger partial charge is 0.240 e. The summed E-state index contributed by atoms with van der Waals surface area (Å²) in [6, 6.07) is -0.112. The van der Waals surface area contributed by atoms with E-state index in [1.165, 1.54) is 0 Å². The third-order valence-corrected chi connectivity index (χ3v) is 4.06. The first-order valence-corrected chi connectivity index (χ1v) is 6.96.